The second kappa shape index (κ2) is 14.8. The van der Waals surface area contributed by atoms with Crippen molar-refractivity contribution in [1.29, 1.82) is 0 Å². The summed E-state index contributed by atoms with van der Waals surface area (Å²) in [5.74, 6) is 8.81. The second-order valence-corrected chi connectivity index (χ2v) is 13.9. The zero-order valence-corrected chi connectivity index (χ0v) is 26.2. The Bertz CT molecular complexity index is 1240. The molecule has 0 radical (unpaired) electrons. The number of hydrogen-bond donors (Lipinski definition) is 5. The maximum atomic E-state index is 13.9. The van der Waals surface area contributed by atoms with Crippen LogP contribution in [0.4, 0.5) is 0 Å². The quantitative estimate of drug-likeness (QED) is 0.251. The van der Waals surface area contributed by atoms with Gasteiger partial charge in [-0.2, -0.15) is 0 Å². The number of phenols is 1. The highest BCUT2D eigenvalue weighted by atomic mass is 16.5. The summed E-state index contributed by atoms with van der Waals surface area (Å²) < 4.78 is 5.34. The van der Waals surface area contributed by atoms with Crippen molar-refractivity contribution in [1.82, 2.24) is 5.32 Å². The van der Waals surface area contributed by atoms with Crippen LogP contribution in [0.15, 0.2) is 12.1 Å². The van der Waals surface area contributed by atoms with Crippen molar-refractivity contribution in [2.45, 2.75) is 108 Å². The maximum absolute atomic E-state index is 13.9. The number of carbonyl (C=O) groups excluding carboxylic acids is 2. The lowest BCUT2D eigenvalue weighted by Crippen LogP contribution is -2.50. The van der Waals surface area contributed by atoms with E-state index in [0.717, 1.165) is 56.2 Å². The van der Waals surface area contributed by atoms with Gasteiger partial charge >= 0.3 is 0 Å². The number of rotatable bonds is 10. The van der Waals surface area contributed by atoms with Crippen LogP contribution in [-0.2, 0) is 16.0 Å². The molecule has 1 saturated heterocycles. The van der Waals surface area contributed by atoms with Gasteiger partial charge in [0.05, 0.1) is 13.2 Å². The summed E-state index contributed by atoms with van der Waals surface area (Å²) in [6.45, 7) is 1.09. The molecule has 1 spiro atoms. The number of nitrogens with one attached hydrogen (secondary N) is 1. The first-order chi connectivity index (χ1) is 21.3. The number of ether oxygens (including phenoxy) is 1. The molecule has 0 unspecified atom stereocenters. The van der Waals surface area contributed by atoms with E-state index in [1.54, 1.807) is 12.1 Å². The predicted octanol–water partition coefficient (Wildman–Crippen LogP) is 4.05. The molecule has 5 N–H and O–H groups in total. The van der Waals surface area contributed by atoms with Gasteiger partial charge in [-0.3, -0.25) is 9.59 Å². The van der Waals surface area contributed by atoms with E-state index in [9.17, 15) is 30.0 Å². The van der Waals surface area contributed by atoms with Gasteiger partial charge in [0.1, 0.15) is 11.2 Å². The molecular weight excluding hydrogens is 558 g/mol. The summed E-state index contributed by atoms with van der Waals surface area (Å²) >= 11 is 0. The van der Waals surface area contributed by atoms with E-state index < -0.39 is 11.5 Å². The highest BCUT2D eigenvalue weighted by Crippen LogP contribution is 2.46. The Morgan fingerprint density at radius 2 is 1.91 bits per heavy atom. The molecular formula is C36H51NO7. The monoisotopic (exact) mass is 609 g/mol. The number of hydrogen-bond acceptors (Lipinski definition) is 8. The highest BCUT2D eigenvalue weighted by molar-refractivity contribution is 5.89. The van der Waals surface area contributed by atoms with Gasteiger partial charge in [-0.15, -0.1) is 0 Å². The SMILES string of the molecule is COc1cc2c(cc1O)[C@@H](CCCO)C#C[C@@]1(CC[C@H](C[C@H](CCCO)[C@@H]3CN[C@@H]4CC(=O)CC[C@@H]4C3)C[C@H]1O)C(=O)CC2. The van der Waals surface area contributed by atoms with Crippen molar-refractivity contribution in [2.24, 2.45) is 29.1 Å². The highest BCUT2D eigenvalue weighted by Gasteiger charge is 2.48. The van der Waals surface area contributed by atoms with Crippen LogP contribution < -0.4 is 10.1 Å². The van der Waals surface area contributed by atoms with Crippen LogP contribution in [0.3, 0.4) is 0 Å². The number of aliphatic hydroxyl groups excluding tert-OH is 3. The number of phenolic OH excluding ortho intramolecular Hbond substituents is 1. The summed E-state index contributed by atoms with van der Waals surface area (Å²) in [7, 11) is 1.50. The minimum Gasteiger partial charge on any atom is -0.504 e. The van der Waals surface area contributed by atoms with Crippen LogP contribution in [0.5, 0.6) is 11.5 Å². The molecule has 1 aromatic rings. The number of ketones is 2. The molecule has 3 fully saturated rings. The fourth-order valence-electron chi connectivity index (χ4n) is 8.65. The molecule has 2 saturated carbocycles. The standard InChI is InChI=1S/C36H51NO7/c1-44-33-19-26-7-9-34(42)36(13-11-24(4-2-14-38)30(26)21-32(33)41)12-10-23(17-35(36)43)16-25(5-3-15-39)28-18-27-6-8-29(40)20-31(27)37-22-28/h19,21,23-25,27-28,31,35,37-39,41,43H,2-10,12,14-18,20,22H2,1H3/t23-,24+,25+,27-,28+,31-,35-,36+/m1/s1. The Balaban J connectivity index is 1.32. The van der Waals surface area contributed by atoms with Crippen molar-refractivity contribution >= 4 is 11.6 Å². The first kappa shape index (κ1) is 32.9. The third-order valence-electron chi connectivity index (χ3n) is 11.2. The topological polar surface area (TPSA) is 136 Å². The van der Waals surface area contributed by atoms with E-state index in [4.69, 9.17) is 4.74 Å². The number of methoxy groups -OCH3 is 1. The van der Waals surface area contributed by atoms with Gasteiger partial charge in [-0.1, -0.05) is 11.8 Å². The number of aryl methyl sites for hydroxylation is 1. The molecule has 8 heteroatoms. The molecule has 1 aromatic carbocycles. The largest absolute Gasteiger partial charge is 0.504 e. The molecule has 44 heavy (non-hydrogen) atoms. The molecule has 4 aliphatic rings. The fourth-order valence-corrected chi connectivity index (χ4v) is 8.65. The van der Waals surface area contributed by atoms with Gasteiger partial charge < -0.3 is 30.5 Å². The fraction of sp³-hybridized carbons (Fsp3) is 0.722. The van der Waals surface area contributed by atoms with Crippen molar-refractivity contribution < 1.29 is 34.8 Å². The zero-order chi connectivity index (χ0) is 31.3. The average molecular weight is 610 g/mol. The number of benzene rings is 1. The third kappa shape index (κ3) is 7.17. The van der Waals surface area contributed by atoms with E-state index in [2.05, 4.69) is 17.2 Å². The number of carbonyl (C=O) groups is 2. The van der Waals surface area contributed by atoms with E-state index in [1.807, 2.05) is 0 Å². The third-order valence-corrected chi connectivity index (χ3v) is 11.2. The number of aromatic hydroxyl groups is 1. The molecule has 1 aliphatic heterocycles. The minimum atomic E-state index is -1.11. The Labute approximate surface area is 262 Å². The van der Waals surface area contributed by atoms with Gasteiger partial charge in [0, 0.05) is 44.4 Å². The molecule has 0 aromatic heterocycles. The van der Waals surface area contributed by atoms with E-state index >= 15 is 0 Å². The summed E-state index contributed by atoms with van der Waals surface area (Å²) in [5.41, 5.74) is 0.647. The van der Waals surface area contributed by atoms with E-state index in [-0.39, 0.29) is 43.0 Å². The number of piperidine rings is 1. The van der Waals surface area contributed by atoms with Crippen LogP contribution >= 0.6 is 0 Å². The summed E-state index contributed by atoms with van der Waals surface area (Å²) in [5, 5.41) is 45.1. The van der Waals surface area contributed by atoms with Crippen molar-refractivity contribution in [3.63, 3.8) is 0 Å². The Hall–Kier alpha value is -2.44. The molecule has 0 amide bonds. The van der Waals surface area contributed by atoms with Crippen molar-refractivity contribution in [3.05, 3.63) is 23.3 Å². The molecule has 8 nitrogen and oxygen atoms in total. The number of Topliss-reactive ketones (excluding diaryl/α,β-unsaturated/α-hetero) is 2. The van der Waals surface area contributed by atoms with Crippen LogP contribution in [0.2, 0.25) is 0 Å². The van der Waals surface area contributed by atoms with E-state index in [0.29, 0.717) is 80.3 Å². The number of fused-ring (bicyclic) bond motifs is 2. The molecule has 3 aliphatic carbocycles. The lowest BCUT2D eigenvalue weighted by Gasteiger charge is -2.44. The van der Waals surface area contributed by atoms with Crippen molar-refractivity contribution in [3.8, 4) is 23.3 Å². The van der Waals surface area contributed by atoms with Gasteiger partial charge in [-0.25, -0.2) is 0 Å². The molecule has 242 valence electrons. The summed E-state index contributed by atoms with van der Waals surface area (Å²) in [6.07, 6.45) is 8.90. The summed E-state index contributed by atoms with van der Waals surface area (Å²) in [4.78, 5) is 25.9. The van der Waals surface area contributed by atoms with Crippen LogP contribution in [-0.4, -0.2) is 71.0 Å². The summed E-state index contributed by atoms with van der Waals surface area (Å²) in [6, 6.07) is 3.77. The van der Waals surface area contributed by atoms with Crippen molar-refractivity contribution in [2.75, 3.05) is 26.9 Å². The first-order valence-electron chi connectivity index (χ1n) is 16.9. The average Bonchev–Trinajstić information content (AvgIpc) is 3.07. The van der Waals surface area contributed by atoms with Gasteiger partial charge in [0.25, 0.3) is 0 Å². The Morgan fingerprint density at radius 1 is 1.09 bits per heavy atom. The molecule has 8 atom stereocenters. The lowest BCUT2D eigenvalue weighted by molar-refractivity contribution is -0.134. The van der Waals surface area contributed by atoms with E-state index in [1.165, 1.54) is 7.11 Å². The van der Waals surface area contributed by atoms with Gasteiger partial charge in [0.2, 0.25) is 0 Å². The normalized spacial score (nSPS) is 32.8. The van der Waals surface area contributed by atoms with Gasteiger partial charge in [-0.05, 0) is 124 Å². The molecule has 1 heterocycles. The maximum Gasteiger partial charge on any atom is 0.160 e. The molecule has 5 rings (SSSR count). The second-order valence-electron chi connectivity index (χ2n) is 13.9. The lowest BCUT2D eigenvalue weighted by atomic mass is 9.63. The zero-order valence-electron chi connectivity index (χ0n) is 26.2. The van der Waals surface area contributed by atoms with Crippen LogP contribution in [0.25, 0.3) is 0 Å². The van der Waals surface area contributed by atoms with Crippen LogP contribution in [0, 0.1) is 40.9 Å². The predicted molar refractivity (Wildman–Crippen MR) is 167 cm³/mol. The first-order valence-corrected chi connectivity index (χ1v) is 16.9. The molecule has 0 bridgehead atoms. The van der Waals surface area contributed by atoms with Crippen LogP contribution in [0.1, 0.15) is 101 Å². The number of aliphatic hydroxyl groups is 3. The Morgan fingerprint density at radius 3 is 2.66 bits per heavy atom. The Kier molecular flexibility index (Phi) is 11.1. The smallest absolute Gasteiger partial charge is 0.160 e. The minimum absolute atomic E-state index is 0.0250. The van der Waals surface area contributed by atoms with Gasteiger partial charge in [0.15, 0.2) is 17.3 Å².